The van der Waals surface area contributed by atoms with E-state index in [0.29, 0.717) is 0 Å². The van der Waals surface area contributed by atoms with Gasteiger partial charge < -0.3 is 0 Å². The number of amides is 2. The van der Waals surface area contributed by atoms with Gasteiger partial charge in [0.05, 0.1) is 0 Å². The first-order valence-corrected chi connectivity index (χ1v) is 20.2. The van der Waals surface area contributed by atoms with E-state index in [2.05, 4.69) is 66.0 Å². The van der Waals surface area contributed by atoms with E-state index in [0.717, 1.165) is 33.6 Å². The molecule has 0 bridgehead atoms. The summed E-state index contributed by atoms with van der Waals surface area (Å²) in [6.07, 6.45) is -2.07. The fraction of sp³-hybridized carbons (Fsp3) is 0.450. The van der Waals surface area contributed by atoms with Crippen LogP contribution in [0, 0.1) is 3.57 Å². The zero-order chi connectivity index (χ0) is 38.2. The van der Waals surface area contributed by atoms with Crippen LogP contribution in [0.5, 0.6) is 11.5 Å². The second-order valence-corrected chi connectivity index (χ2v) is 16.9. The van der Waals surface area contributed by atoms with E-state index < -0.39 is 56.6 Å². The molecule has 0 unspecified atom stereocenters. The van der Waals surface area contributed by atoms with E-state index in [9.17, 15) is 19.2 Å². The number of para-hydroxylation sites is 2. The maximum absolute atomic E-state index is 13.7. The quantitative estimate of drug-likeness (QED) is 0.145. The van der Waals surface area contributed by atoms with Gasteiger partial charge in [0, 0.05) is 0 Å². The normalized spacial score (nSPS) is 12.7. The predicted molar refractivity (Wildman–Crippen MR) is 209 cm³/mol. The fourth-order valence-corrected chi connectivity index (χ4v) is 8.58. The number of hydrogen-bond acceptors (Lipinski definition) is 8. The summed E-state index contributed by atoms with van der Waals surface area (Å²) in [6.45, 7) is 22.1. The molecule has 0 fully saturated rings. The Morgan fingerprint density at radius 3 is 1.08 bits per heavy atom. The molecule has 0 saturated carbocycles. The Bertz CT molecular complexity index is 1550. The monoisotopic (exact) mass is 816 g/mol. The van der Waals surface area contributed by atoms with E-state index in [4.69, 9.17) is 15.6 Å². The molecular formula is C40H53IN2O8. The van der Waals surface area contributed by atoms with Crippen molar-refractivity contribution in [2.45, 2.75) is 119 Å². The van der Waals surface area contributed by atoms with Crippen molar-refractivity contribution in [3.05, 3.63) is 80.4 Å². The number of anilines is 2. The van der Waals surface area contributed by atoms with Gasteiger partial charge in [-0.2, -0.15) is 0 Å². The second kappa shape index (κ2) is 18.4. The van der Waals surface area contributed by atoms with Gasteiger partial charge in [-0.05, 0) is 0 Å². The number of rotatable bonds is 15. The average molecular weight is 817 g/mol. The van der Waals surface area contributed by atoms with Crippen LogP contribution in [0.2, 0.25) is 0 Å². The van der Waals surface area contributed by atoms with Crippen LogP contribution in [-0.4, -0.2) is 36.0 Å². The number of nitrogens with one attached hydrogen (secondary N) is 2. The molecule has 0 aliphatic carbocycles. The van der Waals surface area contributed by atoms with Crippen LogP contribution < -0.4 is 20.1 Å². The summed E-state index contributed by atoms with van der Waals surface area (Å²) >= 11 is -3.63. The number of benzene rings is 3. The minimum absolute atomic E-state index is 0.129. The molecule has 3 aromatic rings. The maximum atomic E-state index is 13.7. The molecule has 278 valence electrons. The molecule has 0 aliphatic rings. The first kappa shape index (κ1) is 41.3. The summed E-state index contributed by atoms with van der Waals surface area (Å²) in [4.78, 5) is 51.9. The third kappa shape index (κ3) is 10.9. The Balaban J connectivity index is 2.02. The molecule has 0 saturated heterocycles. The van der Waals surface area contributed by atoms with Crippen LogP contribution >= 0.6 is 20.6 Å². The van der Waals surface area contributed by atoms with E-state index in [-0.39, 0.29) is 38.7 Å². The molecule has 0 aliphatic heterocycles. The van der Waals surface area contributed by atoms with Gasteiger partial charge in [0.25, 0.3) is 0 Å². The Morgan fingerprint density at radius 1 is 0.510 bits per heavy atom. The molecule has 11 heteroatoms. The molecule has 2 amide bonds. The number of carbonyl (C=O) groups excluding carboxylic acids is 4. The average Bonchev–Trinajstić information content (AvgIpc) is 3.03. The molecular weight excluding hydrogens is 763 g/mol. The van der Waals surface area contributed by atoms with Crippen molar-refractivity contribution < 1.29 is 34.8 Å². The molecule has 0 radical (unpaired) electrons. The van der Waals surface area contributed by atoms with E-state index >= 15 is 0 Å². The van der Waals surface area contributed by atoms with Gasteiger partial charge in [-0.15, -0.1) is 0 Å². The molecule has 0 heterocycles. The van der Waals surface area contributed by atoms with Crippen molar-refractivity contribution in [1.29, 1.82) is 0 Å². The van der Waals surface area contributed by atoms with Crippen molar-refractivity contribution in [2.24, 2.45) is 0 Å². The summed E-state index contributed by atoms with van der Waals surface area (Å²) < 4.78 is 23.9. The van der Waals surface area contributed by atoms with Gasteiger partial charge in [0.1, 0.15) is 0 Å². The molecule has 3 aromatic carbocycles. The summed E-state index contributed by atoms with van der Waals surface area (Å²) in [5, 5.41) is 6.16. The Labute approximate surface area is 310 Å². The summed E-state index contributed by atoms with van der Waals surface area (Å²) in [5.41, 5.74) is 5.49. The van der Waals surface area contributed by atoms with E-state index in [1.165, 1.54) is 13.8 Å². The van der Waals surface area contributed by atoms with Gasteiger partial charge in [0.15, 0.2) is 0 Å². The summed E-state index contributed by atoms with van der Waals surface area (Å²) in [5.74, 6) is -1.26. The summed E-state index contributed by atoms with van der Waals surface area (Å²) in [6, 6.07) is 16.8. The van der Waals surface area contributed by atoms with Gasteiger partial charge in [0.2, 0.25) is 0 Å². The van der Waals surface area contributed by atoms with Crippen molar-refractivity contribution in [2.75, 3.05) is 10.6 Å². The first-order valence-electron chi connectivity index (χ1n) is 17.3. The van der Waals surface area contributed by atoms with Crippen molar-refractivity contribution >= 4 is 55.8 Å². The molecule has 3 rings (SSSR count). The third-order valence-corrected chi connectivity index (χ3v) is 12.0. The number of hydrogen-bond donors (Lipinski definition) is 2. The number of halogens is 1. The Hall–Kier alpha value is -4.13. The zero-order valence-electron chi connectivity index (χ0n) is 31.8. The van der Waals surface area contributed by atoms with Crippen molar-refractivity contribution in [1.82, 2.24) is 0 Å². The number of ether oxygens (including phenoxy) is 2. The number of carbonyl (C=O) groups is 4. The molecule has 2 N–H and O–H groups in total. The summed E-state index contributed by atoms with van der Waals surface area (Å²) in [7, 11) is 0. The van der Waals surface area contributed by atoms with Crippen LogP contribution in [-0.2, 0) is 25.3 Å². The topological polar surface area (TPSA) is 129 Å². The van der Waals surface area contributed by atoms with Crippen LogP contribution in [0.1, 0.15) is 129 Å². The van der Waals surface area contributed by atoms with Crippen LogP contribution in [0.3, 0.4) is 0 Å². The predicted octanol–water partition coefficient (Wildman–Crippen LogP) is 9.62. The first-order chi connectivity index (χ1) is 23.9. The zero-order valence-corrected chi connectivity index (χ0v) is 34.0. The third-order valence-electron chi connectivity index (χ3n) is 8.03. The van der Waals surface area contributed by atoms with Gasteiger partial charge in [-0.25, -0.2) is 0 Å². The molecule has 51 heavy (non-hydrogen) atoms. The van der Waals surface area contributed by atoms with E-state index in [1.54, 1.807) is 32.0 Å². The minimum atomic E-state index is -3.63. The van der Waals surface area contributed by atoms with Gasteiger partial charge in [-0.3, -0.25) is 0 Å². The van der Waals surface area contributed by atoms with Crippen LogP contribution in [0.4, 0.5) is 11.4 Å². The fourth-order valence-electron chi connectivity index (χ4n) is 5.44. The molecule has 0 aromatic heterocycles. The van der Waals surface area contributed by atoms with Gasteiger partial charge >= 0.3 is 312 Å². The second-order valence-electron chi connectivity index (χ2n) is 13.7. The van der Waals surface area contributed by atoms with Crippen LogP contribution in [0.25, 0.3) is 0 Å². The Morgan fingerprint density at radius 2 is 0.804 bits per heavy atom. The molecule has 2 atom stereocenters. The van der Waals surface area contributed by atoms with Crippen molar-refractivity contribution in [3.63, 3.8) is 0 Å². The Kier molecular flexibility index (Phi) is 14.9. The van der Waals surface area contributed by atoms with Crippen molar-refractivity contribution in [3.8, 4) is 11.5 Å². The van der Waals surface area contributed by atoms with Gasteiger partial charge in [-0.1, -0.05) is 0 Å². The van der Waals surface area contributed by atoms with Crippen LogP contribution in [0.15, 0.2) is 54.6 Å². The molecule has 10 nitrogen and oxygen atoms in total. The standard InChI is InChI=1S/C40H53IN2O8/c1-22(2)30-16-13-17-31(23(3)4)37(30)42-39(46)26(9)48-34-20-15-21-35(36(34)41(50-28(11)44)51-29(12)45)49-27(10)40(47)43-38-32(24(5)6)18-14-19-33(38)25(7)8/h13-27H,1-12H3,(H,42,46)(H,43,47)/t26-,27-/m1/s1. The molecule has 0 spiro atoms. The van der Waals surface area contributed by atoms with E-state index in [1.807, 2.05) is 36.4 Å². The SMILES string of the molecule is CC(=O)OI(OC(C)=O)c1c(O[C@H](C)C(=O)Nc2c(C(C)C)cccc2C(C)C)cccc1O[C@H](C)C(=O)Nc1c(C(C)C)cccc1C(C)C.